The van der Waals surface area contributed by atoms with Crippen LogP contribution in [0.5, 0.6) is 5.75 Å². The van der Waals surface area contributed by atoms with Crippen LogP contribution in [0.15, 0.2) is 36.0 Å². The van der Waals surface area contributed by atoms with E-state index in [0.29, 0.717) is 0 Å². The first-order valence-corrected chi connectivity index (χ1v) is 8.74. The molecule has 0 saturated heterocycles. The lowest BCUT2D eigenvalue weighted by atomic mass is 9.99. The molecule has 0 aliphatic heterocycles. The SMILES string of the molecule is CCC(C)(CO)Nc1ncnc2scc(-c3ccc(OC)cc3)c12. The van der Waals surface area contributed by atoms with Crippen molar-refractivity contribution in [3.8, 4) is 16.9 Å². The van der Waals surface area contributed by atoms with Gasteiger partial charge in [0.05, 0.1) is 24.6 Å². The smallest absolute Gasteiger partial charge is 0.139 e. The minimum Gasteiger partial charge on any atom is -0.497 e. The summed E-state index contributed by atoms with van der Waals surface area (Å²) in [6.45, 7) is 4.07. The van der Waals surface area contributed by atoms with Crippen LogP contribution in [0.4, 0.5) is 5.82 Å². The standard InChI is InChI=1S/C18H21N3O2S/c1-4-18(2,10-22)21-16-15-14(9-24-17(15)20-11-19-16)12-5-7-13(23-3)8-6-12/h5-9,11,22H,4,10H2,1-3H3,(H,19,20,21). The molecule has 2 heterocycles. The Morgan fingerprint density at radius 1 is 1.25 bits per heavy atom. The maximum absolute atomic E-state index is 9.70. The van der Waals surface area contributed by atoms with Crippen LogP contribution in [-0.2, 0) is 0 Å². The van der Waals surface area contributed by atoms with E-state index in [1.165, 1.54) is 0 Å². The zero-order valence-electron chi connectivity index (χ0n) is 14.0. The van der Waals surface area contributed by atoms with Crippen molar-refractivity contribution in [2.24, 2.45) is 0 Å². The Hall–Kier alpha value is -2.18. The van der Waals surface area contributed by atoms with Gasteiger partial charge in [-0.05, 0) is 31.0 Å². The number of hydrogen-bond donors (Lipinski definition) is 2. The lowest BCUT2D eigenvalue weighted by Crippen LogP contribution is -2.38. The largest absolute Gasteiger partial charge is 0.497 e. The molecule has 0 amide bonds. The summed E-state index contributed by atoms with van der Waals surface area (Å²) < 4.78 is 5.23. The molecule has 3 rings (SSSR count). The van der Waals surface area contributed by atoms with Crippen molar-refractivity contribution in [1.29, 1.82) is 0 Å². The van der Waals surface area contributed by atoms with Gasteiger partial charge in [-0.2, -0.15) is 0 Å². The topological polar surface area (TPSA) is 67.3 Å². The summed E-state index contributed by atoms with van der Waals surface area (Å²) in [5.41, 5.74) is 1.75. The number of benzene rings is 1. The number of methoxy groups -OCH3 is 1. The molecule has 5 nitrogen and oxygen atoms in total. The fourth-order valence-electron chi connectivity index (χ4n) is 2.48. The molecule has 2 aromatic heterocycles. The second-order valence-corrected chi connectivity index (χ2v) is 6.84. The van der Waals surface area contributed by atoms with Crippen LogP contribution in [-0.4, -0.2) is 34.3 Å². The van der Waals surface area contributed by atoms with Gasteiger partial charge < -0.3 is 15.2 Å². The van der Waals surface area contributed by atoms with Crippen molar-refractivity contribution in [1.82, 2.24) is 9.97 Å². The summed E-state index contributed by atoms with van der Waals surface area (Å²) in [4.78, 5) is 9.74. The number of rotatable bonds is 6. The number of ether oxygens (including phenoxy) is 1. The van der Waals surface area contributed by atoms with E-state index in [0.717, 1.165) is 39.3 Å². The van der Waals surface area contributed by atoms with Gasteiger partial charge in [0, 0.05) is 10.9 Å². The van der Waals surface area contributed by atoms with Gasteiger partial charge in [0.15, 0.2) is 0 Å². The van der Waals surface area contributed by atoms with Crippen molar-refractivity contribution >= 4 is 27.4 Å². The molecule has 1 atom stereocenters. The van der Waals surface area contributed by atoms with E-state index < -0.39 is 5.54 Å². The summed E-state index contributed by atoms with van der Waals surface area (Å²) in [6, 6.07) is 7.95. The Kier molecular flexibility index (Phi) is 4.69. The van der Waals surface area contributed by atoms with E-state index in [1.807, 2.05) is 38.1 Å². The molecule has 24 heavy (non-hydrogen) atoms. The molecule has 0 spiro atoms. The van der Waals surface area contributed by atoms with Gasteiger partial charge in [-0.1, -0.05) is 19.1 Å². The molecule has 0 bridgehead atoms. The van der Waals surface area contributed by atoms with Crippen molar-refractivity contribution in [3.05, 3.63) is 36.0 Å². The minimum atomic E-state index is -0.416. The minimum absolute atomic E-state index is 0.0387. The van der Waals surface area contributed by atoms with E-state index in [1.54, 1.807) is 24.8 Å². The molecule has 6 heteroatoms. The predicted molar refractivity (Wildman–Crippen MR) is 98.8 cm³/mol. The average Bonchev–Trinajstić information content (AvgIpc) is 3.07. The molecule has 0 aliphatic carbocycles. The molecular formula is C18H21N3O2S. The van der Waals surface area contributed by atoms with Crippen LogP contribution < -0.4 is 10.1 Å². The summed E-state index contributed by atoms with van der Waals surface area (Å²) in [5.74, 6) is 1.58. The van der Waals surface area contributed by atoms with Gasteiger partial charge in [0.2, 0.25) is 0 Å². The number of nitrogens with one attached hydrogen (secondary N) is 1. The van der Waals surface area contributed by atoms with Crippen molar-refractivity contribution in [3.63, 3.8) is 0 Å². The molecule has 126 valence electrons. The number of thiophene rings is 1. The Morgan fingerprint density at radius 3 is 2.62 bits per heavy atom. The maximum Gasteiger partial charge on any atom is 0.139 e. The second kappa shape index (κ2) is 6.75. The highest BCUT2D eigenvalue weighted by atomic mass is 32.1. The summed E-state index contributed by atoms with van der Waals surface area (Å²) in [5, 5.41) is 16.2. The van der Waals surface area contributed by atoms with E-state index in [4.69, 9.17) is 4.74 Å². The van der Waals surface area contributed by atoms with Crippen molar-refractivity contribution in [2.75, 3.05) is 19.0 Å². The lowest BCUT2D eigenvalue weighted by Gasteiger charge is -2.28. The van der Waals surface area contributed by atoms with Crippen LogP contribution in [0.2, 0.25) is 0 Å². The van der Waals surface area contributed by atoms with E-state index in [9.17, 15) is 5.11 Å². The first-order chi connectivity index (χ1) is 11.6. The van der Waals surface area contributed by atoms with Gasteiger partial charge in [0.25, 0.3) is 0 Å². The molecule has 2 N–H and O–H groups in total. The molecule has 0 fully saturated rings. The number of aliphatic hydroxyl groups excluding tert-OH is 1. The zero-order chi connectivity index (χ0) is 17.2. The Balaban J connectivity index is 2.09. The van der Waals surface area contributed by atoms with Gasteiger partial charge in [-0.25, -0.2) is 9.97 Å². The number of anilines is 1. The Morgan fingerprint density at radius 2 is 2.00 bits per heavy atom. The van der Waals surface area contributed by atoms with E-state index >= 15 is 0 Å². The number of fused-ring (bicyclic) bond motifs is 1. The van der Waals surface area contributed by atoms with Gasteiger partial charge in [-0.3, -0.25) is 0 Å². The number of aromatic nitrogens is 2. The zero-order valence-corrected chi connectivity index (χ0v) is 14.9. The monoisotopic (exact) mass is 343 g/mol. The van der Waals surface area contributed by atoms with Crippen LogP contribution in [0, 0.1) is 0 Å². The second-order valence-electron chi connectivity index (χ2n) is 5.98. The van der Waals surface area contributed by atoms with Gasteiger partial charge >= 0.3 is 0 Å². The van der Waals surface area contributed by atoms with Crippen LogP contribution >= 0.6 is 11.3 Å². The van der Waals surface area contributed by atoms with E-state index in [2.05, 4.69) is 20.7 Å². The van der Waals surface area contributed by atoms with E-state index in [-0.39, 0.29) is 6.61 Å². The summed E-state index contributed by atoms with van der Waals surface area (Å²) in [7, 11) is 1.66. The average molecular weight is 343 g/mol. The fraction of sp³-hybridized carbons (Fsp3) is 0.333. The Labute approximate surface area is 145 Å². The fourth-order valence-corrected chi connectivity index (χ4v) is 3.39. The molecule has 0 saturated carbocycles. The first kappa shape index (κ1) is 16.7. The number of aliphatic hydroxyl groups is 1. The normalized spacial score (nSPS) is 13.7. The van der Waals surface area contributed by atoms with Crippen molar-refractivity contribution in [2.45, 2.75) is 25.8 Å². The maximum atomic E-state index is 9.70. The Bertz CT molecular complexity index is 826. The molecule has 0 radical (unpaired) electrons. The molecule has 0 aliphatic rings. The molecule has 1 aromatic carbocycles. The first-order valence-electron chi connectivity index (χ1n) is 7.86. The highest BCUT2D eigenvalue weighted by molar-refractivity contribution is 7.17. The third-order valence-corrected chi connectivity index (χ3v) is 5.21. The predicted octanol–water partition coefficient (Wildman–Crippen LogP) is 3.94. The number of nitrogens with zero attached hydrogens (tertiary/aromatic N) is 2. The molecule has 1 unspecified atom stereocenters. The van der Waals surface area contributed by atoms with Crippen LogP contribution in [0.1, 0.15) is 20.3 Å². The summed E-state index contributed by atoms with van der Waals surface area (Å²) in [6.07, 6.45) is 2.35. The lowest BCUT2D eigenvalue weighted by molar-refractivity contribution is 0.218. The summed E-state index contributed by atoms with van der Waals surface area (Å²) >= 11 is 1.59. The van der Waals surface area contributed by atoms with Crippen LogP contribution in [0.3, 0.4) is 0 Å². The quantitative estimate of drug-likeness (QED) is 0.709. The molecular weight excluding hydrogens is 322 g/mol. The molecule has 3 aromatic rings. The highest BCUT2D eigenvalue weighted by Gasteiger charge is 2.23. The highest BCUT2D eigenvalue weighted by Crippen LogP contribution is 2.37. The van der Waals surface area contributed by atoms with Crippen LogP contribution in [0.25, 0.3) is 21.3 Å². The van der Waals surface area contributed by atoms with Gasteiger partial charge in [0.1, 0.15) is 22.7 Å². The third-order valence-electron chi connectivity index (χ3n) is 4.32. The van der Waals surface area contributed by atoms with Crippen molar-refractivity contribution < 1.29 is 9.84 Å². The van der Waals surface area contributed by atoms with Gasteiger partial charge in [-0.15, -0.1) is 11.3 Å². The number of hydrogen-bond acceptors (Lipinski definition) is 6. The third kappa shape index (κ3) is 3.07.